The van der Waals surface area contributed by atoms with E-state index in [2.05, 4.69) is 20.9 Å². The number of benzene rings is 2. The molecule has 4 aliphatic rings. The first-order valence-electron chi connectivity index (χ1n) is 23.5. The number of amides is 7. The number of carbonyl (C=O) groups is 8. The smallest absolute Gasteiger partial charge is 0.370 e. The minimum Gasteiger partial charge on any atom is -0.370 e. The van der Waals surface area contributed by atoms with E-state index < -0.39 is 72.9 Å². The van der Waals surface area contributed by atoms with Crippen molar-refractivity contribution in [3.8, 4) is 0 Å². The predicted octanol–water partition coefficient (Wildman–Crippen LogP) is 2.02. The normalized spacial score (nSPS) is 23.8. The highest BCUT2D eigenvalue weighted by Crippen LogP contribution is 2.40. The molecule has 1 unspecified atom stereocenters. The van der Waals surface area contributed by atoms with Crippen molar-refractivity contribution in [3.05, 3.63) is 69.8 Å². The number of hydrogen-bond donors (Lipinski definition) is 7. The average molecular weight is 972 g/mol. The lowest BCUT2D eigenvalue weighted by Gasteiger charge is -2.39. The summed E-state index contributed by atoms with van der Waals surface area (Å²) < 4.78 is 14.6. The predicted molar refractivity (Wildman–Crippen MR) is 249 cm³/mol. The van der Waals surface area contributed by atoms with Gasteiger partial charge in [0.25, 0.3) is 11.4 Å². The largest absolute Gasteiger partial charge is 0.396 e. The van der Waals surface area contributed by atoms with Crippen molar-refractivity contribution >= 4 is 76.4 Å². The number of hydrogen-bond acceptors (Lipinski definition) is 10. The molecule has 69 heavy (non-hydrogen) atoms. The summed E-state index contributed by atoms with van der Waals surface area (Å²) in [6.45, 7) is 1.85. The number of aromatic nitrogens is 3. The molecule has 2 aromatic heterocycles. The summed E-state index contributed by atoms with van der Waals surface area (Å²) in [7, 11) is -3.41. The number of rotatable bonds is 14. The van der Waals surface area contributed by atoms with Crippen molar-refractivity contribution in [2.24, 2.45) is 24.6 Å². The number of fused-ring (bicyclic) bond motifs is 3. The fraction of sp³-hybridized carbons (Fsp3) is 0.511. The Morgan fingerprint density at radius 2 is 1.64 bits per heavy atom. The average Bonchev–Trinajstić information content (AvgIpc) is 3.99. The number of primary amides is 1. The van der Waals surface area contributed by atoms with Crippen molar-refractivity contribution in [2.45, 2.75) is 121 Å². The number of nitrogens with two attached hydrogens (primary N) is 1. The fourth-order valence-electron chi connectivity index (χ4n) is 10.6. The summed E-state index contributed by atoms with van der Waals surface area (Å²) in [5, 5.41) is 8.34. The van der Waals surface area contributed by atoms with Gasteiger partial charge in [-0.3, -0.25) is 57.4 Å². The van der Waals surface area contributed by atoms with Crippen LogP contribution in [0.5, 0.6) is 0 Å². The van der Waals surface area contributed by atoms with Gasteiger partial charge in [0.1, 0.15) is 23.8 Å². The highest BCUT2D eigenvalue weighted by Gasteiger charge is 2.46. The van der Waals surface area contributed by atoms with Crippen LogP contribution in [0.4, 0.5) is 0 Å². The van der Waals surface area contributed by atoms with Crippen LogP contribution in [-0.4, -0.2) is 118 Å². The molecule has 7 amide bonds. The minimum atomic E-state index is -5.08. The van der Waals surface area contributed by atoms with Gasteiger partial charge >= 0.3 is 13.3 Å². The van der Waals surface area contributed by atoms with Gasteiger partial charge in [0, 0.05) is 67.9 Å². The maximum Gasteiger partial charge on any atom is 0.396 e. The molecule has 368 valence electrons. The molecule has 8 rings (SSSR count). The number of nitrogens with one attached hydrogen (secondary N) is 4. The van der Waals surface area contributed by atoms with Crippen molar-refractivity contribution in [2.75, 3.05) is 13.1 Å². The van der Waals surface area contributed by atoms with Gasteiger partial charge in [0.05, 0.1) is 11.0 Å². The molecule has 21 nitrogen and oxygen atoms in total. The van der Waals surface area contributed by atoms with Gasteiger partial charge in [0.2, 0.25) is 35.4 Å². The molecule has 8 N–H and O–H groups in total. The molecule has 1 aliphatic carbocycles. The molecular formula is C47H58N9O12P. The lowest BCUT2D eigenvalue weighted by atomic mass is 9.78. The van der Waals surface area contributed by atoms with Crippen LogP contribution < -0.4 is 27.4 Å². The van der Waals surface area contributed by atoms with Gasteiger partial charge in [-0.25, -0.2) is 4.79 Å². The molecule has 0 spiro atoms. The van der Waals surface area contributed by atoms with Gasteiger partial charge in [0.15, 0.2) is 0 Å². The number of carbonyl (C=O) groups excluding carboxylic acids is 8. The van der Waals surface area contributed by atoms with E-state index in [1.165, 1.54) is 38.3 Å². The first-order valence-corrected chi connectivity index (χ1v) is 25.1. The Morgan fingerprint density at radius 3 is 2.35 bits per heavy atom. The maximum atomic E-state index is 14.7. The van der Waals surface area contributed by atoms with E-state index in [-0.39, 0.29) is 73.5 Å². The maximum absolute atomic E-state index is 14.7. The second-order valence-corrected chi connectivity index (χ2v) is 20.7. The third kappa shape index (κ3) is 10.6. The number of imide groups is 1. The molecular weight excluding hydrogens is 914 g/mol. The molecule has 0 radical (unpaired) electrons. The molecule has 3 aliphatic heterocycles. The van der Waals surface area contributed by atoms with Gasteiger partial charge in [-0.05, 0) is 125 Å². The number of nitrogens with zero attached hydrogens (tertiary/aromatic N) is 4. The number of H-pyrrole nitrogens is 1. The molecule has 2 aromatic carbocycles. The first-order chi connectivity index (χ1) is 32.7. The second kappa shape index (κ2) is 19.9. The van der Waals surface area contributed by atoms with Crippen LogP contribution in [0.1, 0.15) is 116 Å². The molecule has 22 heteroatoms. The second-order valence-electron chi connectivity index (χ2n) is 19.2. The SMILES string of the molecule is C[C@H](CCC(N)=O)NC(=O)[C@@H]1CC[C@@H]2CCN(C(=O)CC3CCC(Cc4ccc5c(c4)n(C)c(=O)n5C4CCC(=O)NC4=O)CC3)C[C@H](NC(=O)c3cc4cc(C(=O)P(=O)(O)O)ccc4[nH]3)C(=O)N21. The number of aryl methyl sites for hydroxylation is 1. The van der Waals surface area contributed by atoms with Crippen LogP contribution in [0, 0.1) is 11.8 Å². The Hall–Kier alpha value is -6.44. The van der Waals surface area contributed by atoms with Crippen LogP contribution in [-0.2, 0) is 46.8 Å². The molecule has 0 bridgehead atoms. The molecule has 4 fully saturated rings. The van der Waals surface area contributed by atoms with Gasteiger partial charge in [-0.1, -0.05) is 6.07 Å². The summed E-state index contributed by atoms with van der Waals surface area (Å²) in [6, 6.07) is 7.36. The Balaban J connectivity index is 0.943. The summed E-state index contributed by atoms with van der Waals surface area (Å²) in [6.07, 6.45) is 6.35. The van der Waals surface area contributed by atoms with E-state index in [4.69, 9.17) is 5.73 Å². The first kappa shape index (κ1) is 49.0. The summed E-state index contributed by atoms with van der Waals surface area (Å²) >= 11 is 0. The molecule has 3 saturated heterocycles. The van der Waals surface area contributed by atoms with Crippen LogP contribution in [0.25, 0.3) is 21.9 Å². The Kier molecular flexibility index (Phi) is 14.1. The van der Waals surface area contributed by atoms with Gasteiger partial charge < -0.3 is 40.9 Å². The van der Waals surface area contributed by atoms with Crippen LogP contribution in [0.2, 0.25) is 0 Å². The zero-order valence-corrected chi connectivity index (χ0v) is 39.4. The lowest BCUT2D eigenvalue weighted by Crippen LogP contribution is -2.61. The number of piperidine rings is 1. The monoisotopic (exact) mass is 971 g/mol. The quantitative estimate of drug-likeness (QED) is 0.0706. The fourth-order valence-corrected chi connectivity index (χ4v) is 11.1. The van der Waals surface area contributed by atoms with E-state index in [1.54, 1.807) is 18.9 Å². The Labute approximate surface area is 396 Å². The molecule has 5 atom stereocenters. The Morgan fingerprint density at radius 1 is 0.899 bits per heavy atom. The van der Waals surface area contributed by atoms with Crippen molar-refractivity contribution in [3.63, 3.8) is 0 Å². The Bertz CT molecular complexity index is 2860. The van der Waals surface area contributed by atoms with E-state index in [0.717, 1.165) is 37.7 Å². The third-order valence-corrected chi connectivity index (χ3v) is 15.2. The van der Waals surface area contributed by atoms with E-state index in [1.807, 2.05) is 18.2 Å². The van der Waals surface area contributed by atoms with E-state index >= 15 is 0 Å². The number of imidazole rings is 1. The van der Waals surface area contributed by atoms with Crippen LogP contribution >= 0.6 is 7.60 Å². The lowest BCUT2D eigenvalue weighted by molar-refractivity contribution is -0.145. The van der Waals surface area contributed by atoms with Crippen molar-refractivity contribution in [1.29, 1.82) is 0 Å². The van der Waals surface area contributed by atoms with Crippen molar-refractivity contribution < 1.29 is 52.7 Å². The zero-order valence-electron chi connectivity index (χ0n) is 38.5. The van der Waals surface area contributed by atoms with Gasteiger partial charge in [-0.2, -0.15) is 0 Å². The number of aromatic amines is 1. The third-order valence-electron chi connectivity index (χ3n) is 14.4. The molecule has 5 heterocycles. The van der Waals surface area contributed by atoms with Crippen LogP contribution in [0.15, 0.2) is 47.3 Å². The van der Waals surface area contributed by atoms with Crippen LogP contribution in [0.3, 0.4) is 0 Å². The van der Waals surface area contributed by atoms with E-state index in [0.29, 0.717) is 53.5 Å². The summed E-state index contributed by atoms with van der Waals surface area (Å²) in [4.78, 5) is 143. The zero-order chi connectivity index (χ0) is 49.5. The standard InChI is InChI=1S/C47H58N9O12P/c1-25(3-15-39(48)57)49-43(61)36-13-10-31-17-18-54(24-34(45(63)55(31)36)51-42(60)33-23-30-22-29(9-11-32(30)50-33)46(64)69(66,67)68)41(59)21-27-6-4-26(5-7-27)19-28-8-12-35-38(20-28)53(2)47(65)56(35)37-14-16-40(58)52-44(37)62/h8-9,11-12,20,22-23,25-27,31,34,36-37,50H,3-7,10,13-19,21,24H2,1-2H3,(H2,48,57)(H,49,61)(H,51,60)(H,52,58,62)(H2,66,67,68)/t25-,26?,27?,31-,34+,36+,37?/m1/s1. The summed E-state index contributed by atoms with van der Waals surface area (Å²) in [5.74, 6) is -2.75. The van der Waals surface area contributed by atoms with Crippen molar-refractivity contribution in [1.82, 2.24) is 39.9 Å². The van der Waals surface area contributed by atoms with Gasteiger partial charge in [-0.15, -0.1) is 0 Å². The molecule has 1 saturated carbocycles. The highest BCUT2D eigenvalue weighted by atomic mass is 31.2. The van der Waals surface area contributed by atoms with E-state index in [9.17, 15) is 57.5 Å². The minimum absolute atomic E-state index is 0.0135. The summed E-state index contributed by atoms with van der Waals surface area (Å²) in [5.41, 5.74) is 6.09. The topological polar surface area (TPSA) is 305 Å². The molecule has 4 aromatic rings. The highest BCUT2D eigenvalue weighted by molar-refractivity contribution is 7.70.